The molecule has 0 saturated heterocycles. The van der Waals surface area contributed by atoms with Crippen LogP contribution in [-0.2, 0) is 0 Å². The minimum atomic E-state index is -0.700. The number of carbonyl (C=O) groups excluding carboxylic acids is 1. The molecule has 0 bridgehead atoms. The number of aromatic nitrogens is 1. The molecule has 1 saturated carbocycles. The van der Waals surface area contributed by atoms with Gasteiger partial charge in [0.05, 0.1) is 16.8 Å². The normalized spacial score (nSPS) is 19.6. The molecule has 0 aliphatic heterocycles. The van der Waals surface area contributed by atoms with E-state index in [4.69, 9.17) is 23.2 Å². The molecule has 0 spiro atoms. The molecule has 1 aliphatic rings. The Hall–Kier alpha value is -1.92. The van der Waals surface area contributed by atoms with E-state index in [1.54, 1.807) is 18.2 Å². The monoisotopic (exact) mass is 413 g/mol. The van der Waals surface area contributed by atoms with E-state index in [9.17, 15) is 13.6 Å². The Labute approximate surface area is 166 Å². The van der Waals surface area contributed by atoms with Gasteiger partial charge in [0, 0.05) is 23.7 Å². The summed E-state index contributed by atoms with van der Waals surface area (Å²) in [6.45, 7) is 0.552. The number of anilines is 1. The van der Waals surface area contributed by atoms with Crippen molar-refractivity contribution in [2.24, 2.45) is 5.92 Å². The Morgan fingerprint density at radius 2 is 1.89 bits per heavy atom. The maximum atomic E-state index is 13.6. The molecule has 1 aromatic carbocycles. The minimum Gasteiger partial charge on any atom is -0.367 e. The molecular weight excluding hydrogens is 395 g/mol. The van der Waals surface area contributed by atoms with Crippen molar-refractivity contribution in [2.75, 3.05) is 11.9 Å². The Morgan fingerprint density at radius 1 is 1.15 bits per heavy atom. The number of halogens is 4. The van der Waals surface area contributed by atoms with Crippen molar-refractivity contribution in [1.82, 2.24) is 10.3 Å². The summed E-state index contributed by atoms with van der Waals surface area (Å²) in [5.74, 6) is -1.24. The van der Waals surface area contributed by atoms with Crippen LogP contribution in [0.4, 0.5) is 14.6 Å². The second kappa shape index (κ2) is 8.85. The summed E-state index contributed by atoms with van der Waals surface area (Å²) in [6, 6.07) is 5.66. The van der Waals surface area contributed by atoms with Gasteiger partial charge in [-0.05, 0) is 49.8 Å². The third kappa shape index (κ3) is 5.30. The first-order valence-corrected chi connectivity index (χ1v) is 9.49. The van der Waals surface area contributed by atoms with Crippen molar-refractivity contribution in [1.29, 1.82) is 0 Å². The van der Waals surface area contributed by atoms with Gasteiger partial charge >= 0.3 is 0 Å². The van der Waals surface area contributed by atoms with Gasteiger partial charge in [-0.1, -0.05) is 23.2 Å². The summed E-state index contributed by atoms with van der Waals surface area (Å²) >= 11 is 12.0. The number of benzene rings is 1. The van der Waals surface area contributed by atoms with Gasteiger partial charge in [0.15, 0.2) is 11.6 Å². The van der Waals surface area contributed by atoms with Crippen molar-refractivity contribution in [3.8, 4) is 0 Å². The van der Waals surface area contributed by atoms with Gasteiger partial charge in [-0.2, -0.15) is 0 Å². The molecule has 0 atom stereocenters. The van der Waals surface area contributed by atoms with E-state index < -0.39 is 11.6 Å². The van der Waals surface area contributed by atoms with E-state index >= 15 is 0 Å². The maximum absolute atomic E-state index is 13.6. The number of nitrogens with zero attached hydrogens (tertiary/aromatic N) is 1. The van der Waals surface area contributed by atoms with Crippen LogP contribution in [0.25, 0.3) is 0 Å². The third-order valence-electron chi connectivity index (χ3n) is 4.72. The molecule has 3 rings (SSSR count). The topological polar surface area (TPSA) is 54.0 Å². The van der Waals surface area contributed by atoms with Crippen LogP contribution in [-0.4, -0.2) is 23.5 Å². The molecule has 0 radical (unpaired) electrons. The minimum absolute atomic E-state index is 0.0578. The highest BCUT2D eigenvalue weighted by Crippen LogP contribution is 2.26. The number of nitrogens with one attached hydrogen (secondary N) is 2. The van der Waals surface area contributed by atoms with Crippen LogP contribution >= 0.6 is 23.2 Å². The van der Waals surface area contributed by atoms with E-state index in [2.05, 4.69) is 15.6 Å². The van der Waals surface area contributed by atoms with E-state index in [1.165, 1.54) is 0 Å². The molecule has 8 heteroatoms. The largest absolute Gasteiger partial charge is 0.367 e. The molecule has 0 unspecified atom stereocenters. The lowest BCUT2D eigenvalue weighted by atomic mass is 9.86. The standard InChI is InChI=1S/C19H19Cl2F2N3O/c20-12-3-6-16(21)15(7-12)19(27)26-14-4-1-11(2-5-14)9-24-18-17(23)8-13(22)10-25-18/h3,6-8,10-11,14H,1-2,4-5,9H2,(H,24,25)(H,26,27). The lowest BCUT2D eigenvalue weighted by Gasteiger charge is -2.29. The fraction of sp³-hybridized carbons (Fsp3) is 0.368. The van der Waals surface area contributed by atoms with Crippen LogP contribution in [0.3, 0.4) is 0 Å². The number of amides is 1. The zero-order chi connectivity index (χ0) is 19.4. The molecule has 2 aromatic rings. The number of pyridine rings is 1. The van der Waals surface area contributed by atoms with Crippen LogP contribution < -0.4 is 10.6 Å². The van der Waals surface area contributed by atoms with Crippen molar-refractivity contribution >= 4 is 34.9 Å². The molecule has 2 N–H and O–H groups in total. The van der Waals surface area contributed by atoms with Crippen LogP contribution in [0.5, 0.6) is 0 Å². The summed E-state index contributed by atoms with van der Waals surface area (Å²) in [4.78, 5) is 16.1. The van der Waals surface area contributed by atoms with Gasteiger partial charge in [0.2, 0.25) is 0 Å². The summed E-state index contributed by atoms with van der Waals surface area (Å²) in [6.07, 6.45) is 4.37. The molecule has 1 amide bonds. The maximum Gasteiger partial charge on any atom is 0.253 e. The molecule has 4 nitrogen and oxygen atoms in total. The van der Waals surface area contributed by atoms with Gasteiger partial charge in [-0.15, -0.1) is 0 Å². The van der Waals surface area contributed by atoms with Crippen molar-refractivity contribution in [3.05, 3.63) is 57.7 Å². The van der Waals surface area contributed by atoms with E-state index in [-0.39, 0.29) is 17.8 Å². The lowest BCUT2D eigenvalue weighted by molar-refractivity contribution is 0.0923. The van der Waals surface area contributed by atoms with Crippen molar-refractivity contribution in [3.63, 3.8) is 0 Å². The first kappa shape index (κ1) is 19.8. The Morgan fingerprint density at radius 3 is 2.59 bits per heavy atom. The number of hydrogen-bond acceptors (Lipinski definition) is 3. The van der Waals surface area contributed by atoms with Crippen LogP contribution in [0.15, 0.2) is 30.5 Å². The second-order valence-electron chi connectivity index (χ2n) is 6.68. The van der Waals surface area contributed by atoms with E-state index in [0.29, 0.717) is 28.1 Å². The molecule has 1 aromatic heterocycles. The van der Waals surface area contributed by atoms with Crippen LogP contribution in [0.2, 0.25) is 10.0 Å². The van der Waals surface area contributed by atoms with Crippen molar-refractivity contribution < 1.29 is 13.6 Å². The summed E-state index contributed by atoms with van der Waals surface area (Å²) in [5.41, 5.74) is 0.366. The zero-order valence-electron chi connectivity index (χ0n) is 14.4. The molecule has 1 fully saturated rings. The second-order valence-corrected chi connectivity index (χ2v) is 7.52. The molecule has 27 heavy (non-hydrogen) atoms. The molecule has 1 aliphatic carbocycles. The van der Waals surface area contributed by atoms with E-state index in [1.807, 2.05) is 0 Å². The zero-order valence-corrected chi connectivity index (χ0v) is 16.0. The van der Waals surface area contributed by atoms with Gasteiger partial charge in [0.1, 0.15) is 5.82 Å². The van der Waals surface area contributed by atoms with Gasteiger partial charge < -0.3 is 10.6 Å². The van der Waals surface area contributed by atoms with Crippen LogP contribution in [0.1, 0.15) is 36.0 Å². The average Bonchev–Trinajstić information content (AvgIpc) is 2.64. The summed E-state index contributed by atoms with van der Waals surface area (Å²) < 4.78 is 26.5. The van der Waals surface area contributed by atoms with Gasteiger partial charge in [-0.25, -0.2) is 13.8 Å². The smallest absolute Gasteiger partial charge is 0.253 e. The van der Waals surface area contributed by atoms with Gasteiger partial charge in [0.25, 0.3) is 5.91 Å². The van der Waals surface area contributed by atoms with Gasteiger partial charge in [-0.3, -0.25) is 4.79 Å². The highest BCUT2D eigenvalue weighted by atomic mass is 35.5. The third-order valence-corrected chi connectivity index (χ3v) is 5.29. The number of carbonyl (C=O) groups is 1. The fourth-order valence-corrected chi connectivity index (χ4v) is 3.61. The SMILES string of the molecule is O=C(NC1CCC(CNc2ncc(F)cc2F)CC1)c1cc(Cl)ccc1Cl. The summed E-state index contributed by atoms with van der Waals surface area (Å²) in [7, 11) is 0. The highest BCUT2D eigenvalue weighted by molar-refractivity contribution is 6.35. The quantitative estimate of drug-likeness (QED) is 0.719. The first-order valence-electron chi connectivity index (χ1n) is 8.73. The molecular formula is C19H19Cl2F2N3O. The highest BCUT2D eigenvalue weighted by Gasteiger charge is 2.24. The first-order chi connectivity index (χ1) is 12.9. The molecule has 144 valence electrons. The average molecular weight is 414 g/mol. The Bertz CT molecular complexity index is 827. The number of hydrogen-bond donors (Lipinski definition) is 2. The predicted molar refractivity (Wildman–Crippen MR) is 102 cm³/mol. The lowest BCUT2D eigenvalue weighted by Crippen LogP contribution is -2.38. The fourth-order valence-electron chi connectivity index (χ4n) is 3.23. The Balaban J connectivity index is 1.47. The Kier molecular flexibility index (Phi) is 6.50. The summed E-state index contributed by atoms with van der Waals surface area (Å²) in [5, 5.41) is 6.75. The number of rotatable bonds is 5. The van der Waals surface area contributed by atoms with Crippen LogP contribution in [0, 0.1) is 17.6 Å². The predicted octanol–water partition coefficient (Wildman–Crippen LogP) is 5.07. The van der Waals surface area contributed by atoms with E-state index in [0.717, 1.165) is 37.9 Å². The molecule has 1 heterocycles. The van der Waals surface area contributed by atoms with Crippen molar-refractivity contribution in [2.45, 2.75) is 31.7 Å².